The second-order valence-electron chi connectivity index (χ2n) is 10.9. The number of unbranched alkanes of at least 4 members (excludes halogenated alkanes) is 1. The molecule has 0 radical (unpaired) electrons. The summed E-state index contributed by atoms with van der Waals surface area (Å²) in [6.07, 6.45) is 4.57. The van der Waals surface area contributed by atoms with Gasteiger partial charge in [0.1, 0.15) is 12.6 Å². The van der Waals surface area contributed by atoms with E-state index in [1.165, 1.54) is 39.6 Å². The molecule has 2 atom stereocenters. The largest absolute Gasteiger partial charge is 0.344 e. The van der Waals surface area contributed by atoms with Crippen LogP contribution in [0.1, 0.15) is 49.1 Å². The van der Waals surface area contributed by atoms with Gasteiger partial charge in [-0.05, 0) is 49.9 Å². The molecule has 0 bridgehead atoms. The van der Waals surface area contributed by atoms with E-state index in [-0.39, 0.29) is 24.9 Å². The molecule has 42 heavy (non-hydrogen) atoms. The fourth-order valence-corrected chi connectivity index (χ4v) is 8.46. The Morgan fingerprint density at radius 3 is 1.24 bits per heavy atom. The molecular formula is C30H48N4O6P2. The Kier molecular flexibility index (Phi) is 12.8. The van der Waals surface area contributed by atoms with Crippen LogP contribution < -0.4 is 0 Å². The third-order valence-electron chi connectivity index (χ3n) is 8.32. The first-order chi connectivity index (χ1) is 20.3. The second-order valence-corrected chi connectivity index (χ2v) is 15.4. The summed E-state index contributed by atoms with van der Waals surface area (Å²) in [4.78, 5) is 9.48. The standard InChI is InChI=1S/C30H48N4O6P2/c1-37-41(35,38-2)25-33-23-13-21-31(29(33)27-15-7-5-8-16-27)19-11-12-20-32-22-14-24-34(26-42(36,39-3)40-4)30(32)28-17-9-6-10-18-28/h5-10,15-18,29-30H,11-14,19-26H2,1-4H3. The van der Waals surface area contributed by atoms with Crippen molar-refractivity contribution in [2.24, 2.45) is 0 Å². The van der Waals surface area contributed by atoms with Crippen LogP contribution in [-0.4, -0.2) is 99.9 Å². The molecule has 2 saturated heterocycles. The zero-order valence-corrected chi connectivity index (χ0v) is 27.3. The fourth-order valence-electron chi connectivity index (χ4n) is 6.22. The summed E-state index contributed by atoms with van der Waals surface area (Å²) < 4.78 is 47.4. The molecule has 2 aromatic carbocycles. The average Bonchev–Trinajstić information content (AvgIpc) is 3.04. The Balaban J connectivity index is 1.44. The number of rotatable bonds is 15. The topological polar surface area (TPSA) is 84.0 Å². The summed E-state index contributed by atoms with van der Waals surface area (Å²) in [7, 11) is -0.570. The van der Waals surface area contributed by atoms with Crippen molar-refractivity contribution in [2.45, 2.75) is 38.0 Å². The molecule has 0 N–H and O–H groups in total. The Bertz CT molecular complexity index is 1070. The Labute approximate surface area is 251 Å². The molecule has 2 aromatic rings. The molecule has 0 aliphatic carbocycles. The smallest absolute Gasteiger partial charge is 0.311 e. The fraction of sp³-hybridized carbons (Fsp3) is 0.600. The number of hydrogen-bond acceptors (Lipinski definition) is 10. The van der Waals surface area contributed by atoms with Gasteiger partial charge in [0.2, 0.25) is 0 Å². The summed E-state index contributed by atoms with van der Waals surface area (Å²) in [5, 5.41) is 0. The number of hydrogen-bond donors (Lipinski definition) is 0. The summed E-state index contributed by atoms with van der Waals surface area (Å²) >= 11 is 0. The quantitative estimate of drug-likeness (QED) is 0.173. The molecule has 10 nitrogen and oxygen atoms in total. The molecule has 0 aromatic heterocycles. The molecule has 2 heterocycles. The van der Waals surface area contributed by atoms with Crippen LogP contribution >= 0.6 is 15.2 Å². The molecule has 2 aliphatic rings. The normalized spacial score (nSPS) is 22.0. The molecule has 234 valence electrons. The zero-order chi connectivity index (χ0) is 30.0. The Hall–Kier alpha value is -1.42. The summed E-state index contributed by atoms with van der Waals surface area (Å²) in [5.41, 5.74) is 2.37. The minimum absolute atomic E-state index is 0.0124. The van der Waals surface area contributed by atoms with Crippen molar-refractivity contribution < 1.29 is 27.2 Å². The summed E-state index contributed by atoms with van der Waals surface area (Å²) in [5.74, 6) is 0. The first-order valence-electron chi connectivity index (χ1n) is 14.8. The molecule has 2 unspecified atom stereocenters. The second kappa shape index (κ2) is 16.1. The maximum Gasteiger partial charge on any atom is 0.344 e. The van der Waals surface area contributed by atoms with Gasteiger partial charge in [-0.15, -0.1) is 0 Å². The highest BCUT2D eigenvalue weighted by atomic mass is 31.2. The van der Waals surface area contributed by atoms with Gasteiger partial charge >= 0.3 is 15.2 Å². The lowest BCUT2D eigenvalue weighted by atomic mass is 10.1. The lowest BCUT2D eigenvalue weighted by Gasteiger charge is -2.45. The minimum Gasteiger partial charge on any atom is -0.311 e. The van der Waals surface area contributed by atoms with Crippen LogP contribution in [0.4, 0.5) is 0 Å². The molecule has 2 aliphatic heterocycles. The van der Waals surface area contributed by atoms with E-state index in [9.17, 15) is 9.13 Å². The molecule has 0 amide bonds. The van der Waals surface area contributed by atoms with E-state index in [1.54, 1.807) is 0 Å². The highest BCUT2D eigenvalue weighted by Crippen LogP contribution is 2.50. The van der Waals surface area contributed by atoms with Crippen molar-refractivity contribution in [3.63, 3.8) is 0 Å². The van der Waals surface area contributed by atoms with Gasteiger partial charge in [-0.1, -0.05) is 60.7 Å². The van der Waals surface area contributed by atoms with Crippen molar-refractivity contribution >= 4 is 15.2 Å². The van der Waals surface area contributed by atoms with Crippen LogP contribution in [0.3, 0.4) is 0 Å². The Morgan fingerprint density at radius 1 is 0.571 bits per heavy atom. The first kappa shape index (κ1) is 33.5. The van der Waals surface area contributed by atoms with Crippen LogP contribution in [0.5, 0.6) is 0 Å². The maximum absolute atomic E-state index is 13.1. The molecule has 0 spiro atoms. The predicted octanol–water partition coefficient (Wildman–Crippen LogP) is 6.07. The van der Waals surface area contributed by atoms with Gasteiger partial charge in [0.05, 0.1) is 12.3 Å². The van der Waals surface area contributed by atoms with E-state index >= 15 is 0 Å². The van der Waals surface area contributed by atoms with Crippen LogP contribution in [-0.2, 0) is 27.2 Å². The maximum atomic E-state index is 13.1. The number of nitrogens with zero attached hydrogens (tertiary/aromatic N) is 4. The van der Waals surface area contributed by atoms with Gasteiger partial charge in [0, 0.05) is 54.6 Å². The van der Waals surface area contributed by atoms with Gasteiger partial charge in [-0.3, -0.25) is 28.7 Å². The highest BCUT2D eigenvalue weighted by Gasteiger charge is 2.37. The average molecular weight is 623 g/mol. The zero-order valence-electron chi connectivity index (χ0n) is 25.5. The molecule has 4 rings (SSSR count). The summed E-state index contributed by atoms with van der Waals surface area (Å²) in [6.45, 7) is 5.48. The van der Waals surface area contributed by atoms with Crippen LogP contribution in [0.2, 0.25) is 0 Å². The van der Waals surface area contributed by atoms with Gasteiger partial charge in [-0.25, -0.2) is 0 Å². The summed E-state index contributed by atoms with van der Waals surface area (Å²) in [6, 6.07) is 20.9. The third-order valence-corrected chi connectivity index (χ3v) is 12.0. The van der Waals surface area contributed by atoms with E-state index in [2.05, 4.69) is 68.1 Å². The van der Waals surface area contributed by atoms with Crippen molar-refractivity contribution in [2.75, 3.05) is 80.3 Å². The molecular weight excluding hydrogens is 574 g/mol. The van der Waals surface area contributed by atoms with Crippen LogP contribution in [0.25, 0.3) is 0 Å². The van der Waals surface area contributed by atoms with E-state index in [0.29, 0.717) is 0 Å². The molecule has 0 saturated carbocycles. The molecule has 2 fully saturated rings. The SMILES string of the molecule is COP(=O)(CN1CCCN(CCCCN2CCCN(CP(=O)(OC)OC)C2c2ccccc2)C1c1ccccc1)OC. The van der Waals surface area contributed by atoms with Gasteiger partial charge in [0.15, 0.2) is 0 Å². The van der Waals surface area contributed by atoms with Crippen molar-refractivity contribution in [1.82, 2.24) is 19.6 Å². The van der Waals surface area contributed by atoms with Crippen molar-refractivity contribution in [3.8, 4) is 0 Å². The highest BCUT2D eigenvalue weighted by molar-refractivity contribution is 7.54. The van der Waals surface area contributed by atoms with E-state index in [0.717, 1.165) is 65.0 Å². The monoisotopic (exact) mass is 622 g/mol. The van der Waals surface area contributed by atoms with Gasteiger partial charge in [0.25, 0.3) is 0 Å². The molecule has 12 heteroatoms. The van der Waals surface area contributed by atoms with Crippen LogP contribution in [0.15, 0.2) is 60.7 Å². The van der Waals surface area contributed by atoms with Crippen LogP contribution in [0, 0.1) is 0 Å². The van der Waals surface area contributed by atoms with Gasteiger partial charge < -0.3 is 18.1 Å². The van der Waals surface area contributed by atoms with E-state index < -0.39 is 15.2 Å². The minimum atomic E-state index is -3.20. The van der Waals surface area contributed by atoms with Gasteiger partial charge in [-0.2, -0.15) is 0 Å². The Morgan fingerprint density at radius 2 is 0.905 bits per heavy atom. The predicted molar refractivity (Wildman–Crippen MR) is 166 cm³/mol. The first-order valence-corrected chi connectivity index (χ1v) is 18.3. The lowest BCUT2D eigenvalue weighted by Crippen LogP contribution is -2.49. The van der Waals surface area contributed by atoms with Crippen molar-refractivity contribution in [1.29, 1.82) is 0 Å². The van der Waals surface area contributed by atoms with Crippen molar-refractivity contribution in [3.05, 3.63) is 71.8 Å². The third kappa shape index (κ3) is 8.60. The number of benzene rings is 2. The van der Waals surface area contributed by atoms with E-state index in [1.807, 2.05) is 12.1 Å². The lowest BCUT2D eigenvalue weighted by molar-refractivity contribution is -0.00000781. The van der Waals surface area contributed by atoms with E-state index in [4.69, 9.17) is 18.1 Å².